The van der Waals surface area contributed by atoms with Crippen molar-refractivity contribution < 1.29 is 4.74 Å². The highest BCUT2D eigenvalue weighted by Crippen LogP contribution is 2.52. The molecule has 2 heterocycles. The van der Waals surface area contributed by atoms with Crippen LogP contribution in [0.15, 0.2) is 0 Å². The predicted molar refractivity (Wildman–Crippen MR) is 51.8 cm³/mol. The van der Waals surface area contributed by atoms with Gasteiger partial charge in [0.2, 0.25) is 0 Å². The molecule has 2 unspecified atom stereocenters. The van der Waals surface area contributed by atoms with E-state index < -0.39 is 0 Å². The Kier molecular flexibility index (Phi) is 1.77. The fourth-order valence-corrected chi connectivity index (χ4v) is 4.31. The highest BCUT2D eigenvalue weighted by molar-refractivity contribution is 8.00. The van der Waals surface area contributed by atoms with Gasteiger partial charge in [-0.15, -0.1) is 0 Å². The summed E-state index contributed by atoms with van der Waals surface area (Å²) in [7, 11) is 2.21. The summed E-state index contributed by atoms with van der Waals surface area (Å²) in [4.78, 5) is 0. The summed E-state index contributed by atoms with van der Waals surface area (Å²) in [5.41, 5.74) is 0.245. The van der Waals surface area contributed by atoms with E-state index in [9.17, 15) is 0 Å². The van der Waals surface area contributed by atoms with Crippen LogP contribution in [-0.4, -0.2) is 30.5 Å². The molecular weight excluding hydrogens is 155 g/mol. The largest absolute Gasteiger partial charge is 0.378 e. The molecule has 0 aromatic heterocycles. The molecule has 0 aromatic carbocycles. The maximum Gasteiger partial charge on any atom is 0.140 e. The van der Waals surface area contributed by atoms with Crippen molar-refractivity contribution in [2.24, 2.45) is 5.92 Å². The van der Waals surface area contributed by atoms with Crippen LogP contribution in [0.2, 0.25) is 0 Å². The minimum Gasteiger partial charge on any atom is -0.378 e. The molecule has 2 fully saturated rings. The Balaban J connectivity index is 2.24. The summed E-state index contributed by atoms with van der Waals surface area (Å²) in [6, 6.07) is 0.490. The van der Waals surface area contributed by atoms with Crippen molar-refractivity contribution in [2.45, 2.75) is 37.1 Å². The summed E-state index contributed by atoms with van der Waals surface area (Å²) < 4.78 is 5.99. The summed E-state index contributed by atoms with van der Waals surface area (Å²) >= 11 is 2.11. The van der Waals surface area contributed by atoms with Crippen molar-refractivity contribution >= 4 is 19.6 Å². The highest BCUT2D eigenvalue weighted by Gasteiger charge is 2.55. The first kappa shape index (κ1) is 8.00. The topological polar surface area (TPSA) is 9.23 Å². The molecule has 0 N–H and O–H groups in total. The SMILES string of the molecule is B[C@@H]1O[C@]2(CC)CSC1C2C. The van der Waals surface area contributed by atoms with Crippen molar-refractivity contribution in [1.82, 2.24) is 0 Å². The van der Waals surface area contributed by atoms with Gasteiger partial charge in [-0.05, 0) is 12.3 Å². The zero-order valence-corrected chi connectivity index (χ0v) is 8.28. The number of ether oxygens (including phenoxy) is 1. The van der Waals surface area contributed by atoms with Gasteiger partial charge in [-0.3, -0.25) is 0 Å². The van der Waals surface area contributed by atoms with Crippen molar-refractivity contribution in [3.63, 3.8) is 0 Å². The second kappa shape index (κ2) is 2.43. The average molecular weight is 170 g/mol. The van der Waals surface area contributed by atoms with Crippen LogP contribution in [0, 0.1) is 5.92 Å². The van der Waals surface area contributed by atoms with Crippen LogP contribution in [-0.2, 0) is 4.74 Å². The Morgan fingerprint density at radius 2 is 2.45 bits per heavy atom. The van der Waals surface area contributed by atoms with E-state index in [1.54, 1.807) is 0 Å². The third kappa shape index (κ3) is 0.904. The van der Waals surface area contributed by atoms with E-state index in [1.165, 1.54) is 12.2 Å². The van der Waals surface area contributed by atoms with E-state index >= 15 is 0 Å². The van der Waals surface area contributed by atoms with Crippen LogP contribution in [0.3, 0.4) is 0 Å². The van der Waals surface area contributed by atoms with Gasteiger partial charge in [0.25, 0.3) is 0 Å². The first-order valence-corrected chi connectivity index (χ1v) is 5.54. The van der Waals surface area contributed by atoms with Gasteiger partial charge in [0.05, 0.1) is 5.60 Å². The Hall–Kier alpha value is 0.375. The number of thioether (sulfide) groups is 1. The van der Waals surface area contributed by atoms with Gasteiger partial charge in [0.15, 0.2) is 0 Å². The first-order valence-electron chi connectivity index (χ1n) is 4.49. The molecule has 1 nitrogen and oxygen atoms in total. The third-order valence-corrected chi connectivity index (χ3v) is 5.16. The quantitative estimate of drug-likeness (QED) is 0.540. The van der Waals surface area contributed by atoms with Gasteiger partial charge in [-0.2, -0.15) is 11.8 Å². The van der Waals surface area contributed by atoms with Gasteiger partial charge >= 0.3 is 0 Å². The Labute approximate surface area is 73.7 Å². The second-order valence-corrected chi connectivity index (χ2v) is 4.97. The molecule has 0 saturated carbocycles. The van der Waals surface area contributed by atoms with E-state index in [4.69, 9.17) is 4.74 Å². The van der Waals surface area contributed by atoms with E-state index in [2.05, 4.69) is 33.5 Å². The molecule has 0 spiro atoms. The van der Waals surface area contributed by atoms with E-state index in [1.807, 2.05) is 0 Å². The van der Waals surface area contributed by atoms with Gasteiger partial charge in [-0.1, -0.05) is 13.8 Å². The van der Waals surface area contributed by atoms with Gasteiger partial charge in [0, 0.05) is 17.0 Å². The summed E-state index contributed by atoms with van der Waals surface area (Å²) in [6.45, 7) is 4.59. The van der Waals surface area contributed by atoms with Crippen molar-refractivity contribution in [2.75, 3.05) is 5.75 Å². The molecule has 2 saturated heterocycles. The lowest BCUT2D eigenvalue weighted by Gasteiger charge is -2.29. The zero-order chi connectivity index (χ0) is 8.06. The van der Waals surface area contributed by atoms with Crippen LogP contribution in [0.5, 0.6) is 0 Å². The maximum absolute atomic E-state index is 5.99. The fourth-order valence-electron chi connectivity index (χ4n) is 2.44. The molecule has 4 atom stereocenters. The number of fused-ring (bicyclic) bond motifs is 2. The molecule has 0 amide bonds. The van der Waals surface area contributed by atoms with E-state index in [0.717, 1.165) is 11.2 Å². The lowest BCUT2D eigenvalue weighted by molar-refractivity contribution is -0.0154. The normalized spacial score (nSPS) is 55.3. The third-order valence-electron chi connectivity index (χ3n) is 3.32. The summed E-state index contributed by atoms with van der Waals surface area (Å²) in [5, 5.41) is 0.773. The molecule has 0 aliphatic carbocycles. The van der Waals surface area contributed by atoms with Gasteiger partial charge in [0.1, 0.15) is 7.85 Å². The highest BCUT2D eigenvalue weighted by atomic mass is 32.2. The molecule has 2 aliphatic rings. The summed E-state index contributed by atoms with van der Waals surface area (Å²) in [6.07, 6.45) is 1.18. The summed E-state index contributed by atoms with van der Waals surface area (Å²) in [5.74, 6) is 1.99. The number of hydrogen-bond acceptors (Lipinski definition) is 2. The standard InChI is InChI=1S/C8H15BOS/c1-3-8-4-11-6(5(8)2)7(9)10-8/h5-7H,3-4,9H2,1-2H3/t5?,6?,7-,8-/m1/s1. The number of rotatable bonds is 1. The monoisotopic (exact) mass is 170 g/mol. The van der Waals surface area contributed by atoms with Crippen LogP contribution in [0.25, 0.3) is 0 Å². The Morgan fingerprint density at radius 1 is 1.73 bits per heavy atom. The predicted octanol–water partition coefficient (Wildman–Crippen LogP) is 0.876. The molecule has 2 rings (SSSR count). The van der Waals surface area contributed by atoms with Crippen molar-refractivity contribution in [1.29, 1.82) is 0 Å². The number of hydrogen-bond donors (Lipinski definition) is 0. The van der Waals surface area contributed by atoms with Crippen LogP contribution in [0.1, 0.15) is 20.3 Å². The smallest absolute Gasteiger partial charge is 0.140 e. The molecule has 2 aliphatic heterocycles. The average Bonchev–Trinajstić information content (AvgIpc) is 2.42. The molecule has 2 bridgehead atoms. The van der Waals surface area contributed by atoms with E-state index in [0.29, 0.717) is 6.00 Å². The Morgan fingerprint density at radius 3 is 2.73 bits per heavy atom. The van der Waals surface area contributed by atoms with Crippen molar-refractivity contribution in [3.8, 4) is 0 Å². The molecule has 62 valence electrons. The van der Waals surface area contributed by atoms with Crippen molar-refractivity contribution in [3.05, 3.63) is 0 Å². The van der Waals surface area contributed by atoms with Gasteiger partial charge in [-0.25, -0.2) is 0 Å². The molecular formula is C8H15BOS. The molecule has 0 aromatic rings. The second-order valence-electron chi connectivity index (χ2n) is 3.81. The first-order chi connectivity index (χ1) is 5.19. The lowest BCUT2D eigenvalue weighted by atomic mass is 9.85. The lowest BCUT2D eigenvalue weighted by Crippen LogP contribution is -2.35. The molecule has 11 heavy (non-hydrogen) atoms. The van der Waals surface area contributed by atoms with Gasteiger partial charge < -0.3 is 4.74 Å². The minimum atomic E-state index is 0.245. The van der Waals surface area contributed by atoms with Crippen LogP contribution < -0.4 is 0 Å². The molecule has 0 radical (unpaired) electrons. The maximum atomic E-state index is 5.99. The zero-order valence-electron chi connectivity index (χ0n) is 7.46. The molecule has 3 heteroatoms. The Bertz CT molecular complexity index is 175. The van der Waals surface area contributed by atoms with Crippen LogP contribution >= 0.6 is 11.8 Å². The fraction of sp³-hybridized carbons (Fsp3) is 1.00. The van der Waals surface area contributed by atoms with Crippen LogP contribution in [0.4, 0.5) is 0 Å². The van der Waals surface area contributed by atoms with E-state index in [-0.39, 0.29) is 5.60 Å². The minimum absolute atomic E-state index is 0.245.